The van der Waals surface area contributed by atoms with E-state index in [-0.39, 0.29) is 5.57 Å². The molecule has 1 unspecified atom stereocenters. The van der Waals surface area contributed by atoms with E-state index in [1.165, 1.54) is 12.1 Å². The van der Waals surface area contributed by atoms with Crippen LogP contribution in [0, 0.1) is 0 Å². The fourth-order valence-corrected chi connectivity index (χ4v) is 1.35. The minimum absolute atomic E-state index is 0.0511. The molecule has 0 bridgehead atoms. The fraction of sp³-hybridized carbons (Fsp3) is 0.250. The molecule has 0 radical (unpaired) electrons. The molecule has 5 heteroatoms. The molecular formula is C12H11F3O2. The van der Waals surface area contributed by atoms with Crippen molar-refractivity contribution in [2.75, 3.05) is 0 Å². The molecule has 0 aliphatic rings. The summed E-state index contributed by atoms with van der Waals surface area (Å²) in [5, 5.41) is 8.72. The van der Waals surface area contributed by atoms with E-state index in [0.717, 1.165) is 12.1 Å². The first kappa shape index (κ1) is 13.3. The smallest absolute Gasteiger partial charge is 0.416 e. The average molecular weight is 244 g/mol. The van der Waals surface area contributed by atoms with Crippen LogP contribution in [-0.2, 0) is 11.0 Å². The number of rotatable bonds is 3. The van der Waals surface area contributed by atoms with Crippen molar-refractivity contribution in [3.05, 3.63) is 47.5 Å². The molecular weight excluding hydrogens is 233 g/mol. The maximum absolute atomic E-state index is 12.3. The molecule has 1 aromatic rings. The number of carboxylic acids is 1. The van der Waals surface area contributed by atoms with E-state index in [2.05, 4.69) is 6.58 Å². The Balaban J connectivity index is 2.96. The van der Waals surface area contributed by atoms with Gasteiger partial charge in [-0.15, -0.1) is 0 Å². The van der Waals surface area contributed by atoms with Crippen LogP contribution in [0.1, 0.15) is 24.0 Å². The first-order chi connectivity index (χ1) is 7.73. The topological polar surface area (TPSA) is 37.3 Å². The number of aliphatic carboxylic acids is 1. The first-order valence-electron chi connectivity index (χ1n) is 4.82. The molecule has 0 heterocycles. The maximum atomic E-state index is 12.3. The molecule has 0 saturated carbocycles. The molecule has 17 heavy (non-hydrogen) atoms. The molecule has 1 N–H and O–H groups in total. The highest BCUT2D eigenvalue weighted by Gasteiger charge is 2.30. The van der Waals surface area contributed by atoms with Crippen LogP contribution in [0.15, 0.2) is 36.4 Å². The van der Waals surface area contributed by atoms with Gasteiger partial charge in [-0.2, -0.15) is 13.2 Å². The molecule has 0 aliphatic heterocycles. The number of carboxylic acid groups (broad SMARTS) is 1. The highest BCUT2D eigenvalue weighted by Crippen LogP contribution is 2.31. The molecule has 1 aromatic carbocycles. The largest absolute Gasteiger partial charge is 0.478 e. The summed E-state index contributed by atoms with van der Waals surface area (Å²) in [6, 6.07) is 4.39. The average Bonchev–Trinajstić information content (AvgIpc) is 2.26. The number of hydrogen-bond acceptors (Lipinski definition) is 1. The summed E-state index contributed by atoms with van der Waals surface area (Å²) in [7, 11) is 0. The van der Waals surface area contributed by atoms with Crippen LogP contribution in [0.25, 0.3) is 0 Å². The van der Waals surface area contributed by atoms with Crippen LogP contribution in [0.2, 0.25) is 0 Å². The van der Waals surface area contributed by atoms with Crippen molar-refractivity contribution in [2.45, 2.75) is 19.0 Å². The van der Waals surface area contributed by atoms with Gasteiger partial charge >= 0.3 is 12.1 Å². The van der Waals surface area contributed by atoms with Gasteiger partial charge in [-0.05, 0) is 17.7 Å². The Labute approximate surface area is 96.4 Å². The SMILES string of the molecule is C=C(C(=O)O)C(C)c1ccc(C(F)(F)F)cc1. The highest BCUT2D eigenvalue weighted by atomic mass is 19.4. The molecule has 0 amide bonds. The van der Waals surface area contributed by atoms with Gasteiger partial charge in [0.1, 0.15) is 0 Å². The van der Waals surface area contributed by atoms with Crippen LogP contribution in [-0.4, -0.2) is 11.1 Å². The van der Waals surface area contributed by atoms with E-state index in [1.807, 2.05) is 0 Å². The molecule has 0 fully saturated rings. The van der Waals surface area contributed by atoms with Crippen molar-refractivity contribution >= 4 is 5.97 Å². The quantitative estimate of drug-likeness (QED) is 0.827. The van der Waals surface area contributed by atoms with Crippen LogP contribution >= 0.6 is 0 Å². The van der Waals surface area contributed by atoms with Crippen molar-refractivity contribution in [3.63, 3.8) is 0 Å². The lowest BCUT2D eigenvalue weighted by molar-refractivity contribution is -0.137. The second-order valence-electron chi connectivity index (χ2n) is 3.67. The van der Waals surface area contributed by atoms with E-state index < -0.39 is 23.6 Å². The van der Waals surface area contributed by atoms with Gasteiger partial charge in [0.05, 0.1) is 5.56 Å². The van der Waals surface area contributed by atoms with E-state index in [0.29, 0.717) is 5.56 Å². The van der Waals surface area contributed by atoms with Gasteiger partial charge in [0.15, 0.2) is 0 Å². The van der Waals surface area contributed by atoms with E-state index in [9.17, 15) is 18.0 Å². The van der Waals surface area contributed by atoms with Crippen molar-refractivity contribution in [1.82, 2.24) is 0 Å². The first-order valence-corrected chi connectivity index (χ1v) is 4.82. The van der Waals surface area contributed by atoms with E-state index >= 15 is 0 Å². The van der Waals surface area contributed by atoms with Crippen LogP contribution < -0.4 is 0 Å². The third-order valence-corrected chi connectivity index (χ3v) is 2.54. The number of alkyl halides is 3. The van der Waals surface area contributed by atoms with Crippen molar-refractivity contribution < 1.29 is 23.1 Å². The Kier molecular flexibility index (Phi) is 3.60. The van der Waals surface area contributed by atoms with Crippen LogP contribution in [0.3, 0.4) is 0 Å². The predicted octanol–water partition coefficient (Wildman–Crippen LogP) is 3.45. The molecule has 92 valence electrons. The molecule has 2 nitrogen and oxygen atoms in total. The van der Waals surface area contributed by atoms with E-state index in [4.69, 9.17) is 5.11 Å². The van der Waals surface area contributed by atoms with Gasteiger partial charge in [-0.3, -0.25) is 0 Å². The minimum atomic E-state index is -4.38. The zero-order valence-corrected chi connectivity index (χ0v) is 9.08. The van der Waals surface area contributed by atoms with Crippen LogP contribution in [0.5, 0.6) is 0 Å². The molecule has 0 spiro atoms. The Bertz CT molecular complexity index is 432. The Morgan fingerprint density at radius 3 is 2.12 bits per heavy atom. The summed E-state index contributed by atoms with van der Waals surface area (Å²) in [4.78, 5) is 10.7. The van der Waals surface area contributed by atoms with Gasteiger partial charge in [0.2, 0.25) is 0 Å². The minimum Gasteiger partial charge on any atom is -0.478 e. The van der Waals surface area contributed by atoms with Gasteiger partial charge in [-0.25, -0.2) is 4.79 Å². The summed E-state index contributed by atoms with van der Waals surface area (Å²) in [5.74, 6) is -1.67. The zero-order valence-electron chi connectivity index (χ0n) is 9.08. The summed E-state index contributed by atoms with van der Waals surface area (Å²) >= 11 is 0. The molecule has 0 saturated heterocycles. The Morgan fingerprint density at radius 2 is 1.76 bits per heavy atom. The number of hydrogen-bond donors (Lipinski definition) is 1. The lowest BCUT2D eigenvalue weighted by atomic mass is 9.93. The molecule has 1 rings (SSSR count). The second-order valence-corrected chi connectivity index (χ2v) is 3.67. The van der Waals surface area contributed by atoms with Gasteiger partial charge < -0.3 is 5.11 Å². The molecule has 1 atom stereocenters. The number of benzene rings is 1. The Hall–Kier alpha value is -1.78. The summed E-state index contributed by atoms with van der Waals surface area (Å²) in [6.45, 7) is 4.96. The summed E-state index contributed by atoms with van der Waals surface area (Å²) < 4.78 is 36.9. The fourth-order valence-electron chi connectivity index (χ4n) is 1.35. The summed E-state index contributed by atoms with van der Waals surface area (Å²) in [6.07, 6.45) is -4.38. The Morgan fingerprint density at radius 1 is 1.29 bits per heavy atom. The number of halogens is 3. The second kappa shape index (κ2) is 4.61. The monoisotopic (exact) mass is 244 g/mol. The van der Waals surface area contributed by atoms with E-state index in [1.54, 1.807) is 6.92 Å². The van der Waals surface area contributed by atoms with Crippen molar-refractivity contribution in [2.24, 2.45) is 0 Å². The van der Waals surface area contributed by atoms with Crippen LogP contribution in [0.4, 0.5) is 13.2 Å². The lowest BCUT2D eigenvalue weighted by Crippen LogP contribution is -2.08. The standard InChI is InChI=1S/C12H11F3O2/c1-7(8(2)11(16)17)9-3-5-10(6-4-9)12(13,14)15/h3-7H,2H2,1H3,(H,16,17). The summed E-state index contributed by atoms with van der Waals surface area (Å²) in [5.41, 5.74) is -0.315. The van der Waals surface area contributed by atoms with Gasteiger partial charge in [-0.1, -0.05) is 25.6 Å². The zero-order chi connectivity index (χ0) is 13.2. The molecule has 0 aliphatic carbocycles. The third kappa shape index (κ3) is 3.09. The lowest BCUT2D eigenvalue weighted by Gasteiger charge is -2.13. The number of carbonyl (C=O) groups is 1. The third-order valence-electron chi connectivity index (χ3n) is 2.54. The van der Waals surface area contributed by atoms with Crippen molar-refractivity contribution in [3.8, 4) is 0 Å². The van der Waals surface area contributed by atoms with Gasteiger partial charge in [0.25, 0.3) is 0 Å². The highest BCUT2D eigenvalue weighted by molar-refractivity contribution is 5.87. The maximum Gasteiger partial charge on any atom is 0.416 e. The molecule has 0 aromatic heterocycles. The normalized spacial score (nSPS) is 13.2. The van der Waals surface area contributed by atoms with Crippen molar-refractivity contribution in [1.29, 1.82) is 0 Å². The van der Waals surface area contributed by atoms with Gasteiger partial charge in [0, 0.05) is 11.5 Å². The predicted molar refractivity (Wildman–Crippen MR) is 56.6 cm³/mol.